The van der Waals surface area contributed by atoms with Gasteiger partial charge in [-0.15, -0.1) is 0 Å². The summed E-state index contributed by atoms with van der Waals surface area (Å²) in [5.74, 6) is 1.41. The summed E-state index contributed by atoms with van der Waals surface area (Å²) in [5, 5.41) is 3.66. The van der Waals surface area contributed by atoms with Gasteiger partial charge in [-0.1, -0.05) is 12.1 Å². The number of nitrogen functional groups attached to an aromatic ring is 2. The fraction of sp³-hybridized carbons (Fsp3) is 0.480. The minimum atomic E-state index is -0.688. The van der Waals surface area contributed by atoms with Crippen LogP contribution < -0.4 is 16.8 Å². The lowest BCUT2D eigenvalue weighted by molar-refractivity contribution is -0.193. The maximum Gasteiger partial charge on any atom is 0.224 e. The van der Waals surface area contributed by atoms with Crippen LogP contribution in [0.25, 0.3) is 11.0 Å². The van der Waals surface area contributed by atoms with Gasteiger partial charge in [0.05, 0.1) is 22.9 Å². The minimum absolute atomic E-state index is 0.0233. The number of aromatic nitrogens is 3. The summed E-state index contributed by atoms with van der Waals surface area (Å²) >= 11 is 1.80. The molecule has 0 bridgehead atoms. The summed E-state index contributed by atoms with van der Waals surface area (Å²) in [4.78, 5) is 20.7. The molecule has 5 rings (SSSR count). The first-order chi connectivity index (χ1) is 17.3. The number of thioether (sulfide) groups is 1. The van der Waals surface area contributed by atoms with Gasteiger partial charge >= 0.3 is 0 Å². The van der Waals surface area contributed by atoms with Gasteiger partial charge in [-0.05, 0) is 50.6 Å². The van der Waals surface area contributed by atoms with Crippen molar-refractivity contribution < 1.29 is 19.0 Å². The molecule has 1 aromatic carbocycles. The van der Waals surface area contributed by atoms with E-state index in [-0.39, 0.29) is 30.4 Å². The van der Waals surface area contributed by atoms with Gasteiger partial charge in [0, 0.05) is 18.4 Å². The summed E-state index contributed by atoms with van der Waals surface area (Å²) in [6, 6.07) is 9.17. The number of carbonyl (C=O) groups excluding carboxylic acids is 1. The van der Waals surface area contributed by atoms with E-state index in [9.17, 15) is 4.79 Å². The molecule has 0 saturated carbocycles. The normalized spacial score (nSPS) is 24.7. The highest BCUT2D eigenvalue weighted by Gasteiger charge is 2.55. The molecule has 0 aliphatic carbocycles. The number of nitrogens with one attached hydrogen (secondary N) is 1. The van der Waals surface area contributed by atoms with E-state index in [0.717, 1.165) is 29.7 Å². The number of fused-ring (bicyclic) bond motifs is 2. The molecule has 192 valence electrons. The van der Waals surface area contributed by atoms with Crippen molar-refractivity contribution in [2.75, 3.05) is 28.3 Å². The minimum Gasteiger partial charge on any atom is -0.397 e. The number of ether oxygens (including phenoxy) is 3. The zero-order valence-electron chi connectivity index (χ0n) is 20.4. The van der Waals surface area contributed by atoms with Gasteiger partial charge < -0.3 is 35.6 Å². The van der Waals surface area contributed by atoms with Crippen LogP contribution in [-0.4, -0.2) is 56.0 Å². The van der Waals surface area contributed by atoms with Gasteiger partial charge in [0.1, 0.15) is 30.0 Å². The van der Waals surface area contributed by atoms with E-state index in [4.69, 9.17) is 25.7 Å². The third-order valence-corrected chi connectivity index (χ3v) is 7.54. The van der Waals surface area contributed by atoms with Crippen LogP contribution in [0.1, 0.15) is 39.3 Å². The Balaban J connectivity index is 1.13. The first-order valence-electron chi connectivity index (χ1n) is 12.1. The number of hydrogen-bond acceptors (Lipinski definition) is 9. The molecule has 4 unspecified atom stereocenters. The number of rotatable bonds is 9. The Morgan fingerprint density at radius 3 is 2.78 bits per heavy atom. The van der Waals surface area contributed by atoms with E-state index in [2.05, 4.69) is 15.3 Å². The summed E-state index contributed by atoms with van der Waals surface area (Å²) < 4.78 is 20.9. The van der Waals surface area contributed by atoms with E-state index in [0.29, 0.717) is 29.3 Å². The number of amides is 1. The van der Waals surface area contributed by atoms with E-state index in [1.54, 1.807) is 23.9 Å². The highest BCUT2D eigenvalue weighted by atomic mass is 32.2. The van der Waals surface area contributed by atoms with E-state index in [1.807, 2.05) is 42.8 Å². The number of para-hydroxylation sites is 2. The number of carbonyl (C=O) groups is 1. The Hall–Kier alpha value is -2.86. The largest absolute Gasteiger partial charge is 0.397 e. The molecular formula is C25H32N6O4S. The van der Waals surface area contributed by atoms with Crippen molar-refractivity contribution in [3.63, 3.8) is 0 Å². The molecule has 0 spiro atoms. The fourth-order valence-corrected chi connectivity index (χ4v) is 5.80. The second kappa shape index (κ2) is 10.3. The Labute approximate surface area is 214 Å². The highest BCUT2D eigenvalue weighted by Crippen LogP contribution is 2.44. The van der Waals surface area contributed by atoms with Crippen molar-refractivity contribution in [3.8, 4) is 0 Å². The van der Waals surface area contributed by atoms with Crippen molar-refractivity contribution >= 4 is 45.9 Å². The molecule has 0 radical (unpaired) electrons. The fourth-order valence-electron chi connectivity index (χ4n) is 4.73. The van der Waals surface area contributed by atoms with Crippen LogP contribution in [0, 0.1) is 0 Å². The lowest BCUT2D eigenvalue weighted by Crippen LogP contribution is -2.31. The van der Waals surface area contributed by atoms with Crippen LogP contribution in [0.5, 0.6) is 0 Å². The van der Waals surface area contributed by atoms with Crippen molar-refractivity contribution in [1.82, 2.24) is 14.5 Å². The summed E-state index contributed by atoms with van der Waals surface area (Å²) in [6.07, 6.45) is 4.61. The molecule has 2 aromatic heterocycles. The van der Waals surface area contributed by atoms with E-state index < -0.39 is 5.79 Å². The van der Waals surface area contributed by atoms with Gasteiger partial charge in [-0.25, -0.2) is 9.97 Å². The highest BCUT2D eigenvalue weighted by molar-refractivity contribution is 7.99. The molecule has 10 nitrogen and oxygen atoms in total. The molecule has 2 fully saturated rings. The van der Waals surface area contributed by atoms with Crippen LogP contribution in [0.4, 0.5) is 17.2 Å². The first kappa shape index (κ1) is 24.8. The lowest BCUT2D eigenvalue weighted by atomic mass is 10.1. The Morgan fingerprint density at radius 2 is 1.94 bits per heavy atom. The zero-order valence-corrected chi connectivity index (χ0v) is 21.2. The van der Waals surface area contributed by atoms with Crippen LogP contribution in [0.3, 0.4) is 0 Å². The topological polar surface area (TPSA) is 140 Å². The Kier molecular flexibility index (Phi) is 7.07. The number of unbranched alkanes of at least 4 members (excludes halogenated alkanes) is 1. The predicted octanol–water partition coefficient (Wildman–Crippen LogP) is 3.56. The van der Waals surface area contributed by atoms with Crippen molar-refractivity contribution in [1.29, 1.82) is 0 Å². The molecule has 3 aromatic rings. The number of benzene rings is 1. The van der Waals surface area contributed by atoms with Crippen LogP contribution >= 0.6 is 11.8 Å². The Bertz CT molecular complexity index is 1230. The number of nitrogens with two attached hydrogens (primary N) is 2. The van der Waals surface area contributed by atoms with E-state index >= 15 is 0 Å². The van der Waals surface area contributed by atoms with Crippen molar-refractivity contribution in [3.05, 3.63) is 42.9 Å². The van der Waals surface area contributed by atoms with Crippen LogP contribution in [0.2, 0.25) is 0 Å². The molecule has 2 aliphatic heterocycles. The van der Waals surface area contributed by atoms with Gasteiger partial charge in [-0.3, -0.25) is 4.79 Å². The standard InChI is InChI=1S/C25H32N6O4S/c1-25(2)34-20-18(13-36-12-6-5-9-19(32)30-17-8-4-3-7-16(17)26)33-24(21(20)35-25)31-11-10-15-22(27)28-14-29-23(15)31/h3-4,7-8,10-11,14,18,20-21,24H,5-6,9,12-13,26H2,1-2H3,(H,30,32)(H2,27,28,29). The quantitative estimate of drug-likeness (QED) is 0.290. The third-order valence-electron chi connectivity index (χ3n) is 6.40. The van der Waals surface area contributed by atoms with Gasteiger partial charge in [0.2, 0.25) is 5.91 Å². The van der Waals surface area contributed by atoms with E-state index in [1.165, 1.54) is 6.33 Å². The molecule has 1 amide bonds. The monoisotopic (exact) mass is 512 g/mol. The predicted molar refractivity (Wildman–Crippen MR) is 140 cm³/mol. The zero-order chi connectivity index (χ0) is 25.3. The van der Waals surface area contributed by atoms with Gasteiger partial charge in [-0.2, -0.15) is 11.8 Å². The second-order valence-electron chi connectivity index (χ2n) is 9.52. The van der Waals surface area contributed by atoms with Crippen LogP contribution in [-0.2, 0) is 19.0 Å². The molecule has 5 N–H and O–H groups in total. The SMILES string of the molecule is CC1(C)OC2C(CSCCCCC(=O)Nc3ccccc3N)OC(n3ccc4c(N)ncnc43)C2O1. The average Bonchev–Trinajstić information content (AvgIpc) is 3.49. The van der Waals surface area contributed by atoms with Gasteiger partial charge in [0.15, 0.2) is 12.0 Å². The smallest absolute Gasteiger partial charge is 0.224 e. The second-order valence-corrected chi connectivity index (χ2v) is 10.7. The molecule has 4 heterocycles. The van der Waals surface area contributed by atoms with Crippen molar-refractivity contribution in [2.24, 2.45) is 0 Å². The number of nitrogens with zero attached hydrogens (tertiary/aromatic N) is 3. The maximum atomic E-state index is 12.2. The number of hydrogen-bond donors (Lipinski definition) is 3. The Morgan fingerprint density at radius 1 is 1.14 bits per heavy atom. The summed E-state index contributed by atoms with van der Waals surface area (Å²) in [7, 11) is 0. The first-order valence-corrected chi connectivity index (χ1v) is 13.3. The molecule has 2 saturated heterocycles. The average molecular weight is 513 g/mol. The molecular weight excluding hydrogens is 480 g/mol. The molecule has 11 heteroatoms. The molecule has 36 heavy (non-hydrogen) atoms. The molecule has 4 atom stereocenters. The summed E-state index contributed by atoms with van der Waals surface area (Å²) in [6.45, 7) is 3.85. The maximum absolute atomic E-state index is 12.2. The lowest BCUT2D eigenvalue weighted by Gasteiger charge is -2.25. The summed E-state index contributed by atoms with van der Waals surface area (Å²) in [5.41, 5.74) is 13.8. The number of anilines is 3. The van der Waals surface area contributed by atoms with Gasteiger partial charge in [0.25, 0.3) is 0 Å². The third kappa shape index (κ3) is 5.15. The van der Waals surface area contributed by atoms with Crippen LogP contribution in [0.15, 0.2) is 42.9 Å². The van der Waals surface area contributed by atoms with Crippen molar-refractivity contribution in [2.45, 2.75) is 63.4 Å². The molecule has 2 aliphatic rings.